The van der Waals surface area contributed by atoms with Crippen LogP contribution in [0.15, 0.2) is 72.8 Å². The maximum absolute atomic E-state index is 7.03. The molecule has 0 unspecified atom stereocenters. The molecule has 0 radical (unpaired) electrons. The van der Waals surface area contributed by atoms with Gasteiger partial charge in [0.15, 0.2) is 8.32 Å². The molecule has 0 saturated heterocycles. The van der Waals surface area contributed by atoms with Crippen LogP contribution in [0.3, 0.4) is 0 Å². The van der Waals surface area contributed by atoms with Gasteiger partial charge in [-0.3, -0.25) is 0 Å². The molecule has 2 atom stereocenters. The third-order valence-corrected chi connectivity index (χ3v) is 12.7. The second kappa shape index (κ2) is 12.4. The molecule has 0 aromatic heterocycles. The fourth-order valence-electron chi connectivity index (χ4n) is 5.25. The molecule has 0 fully saturated rings. The number of rotatable bonds is 12. The van der Waals surface area contributed by atoms with E-state index < -0.39 is 8.32 Å². The normalized spacial score (nSPS) is 14.6. The van der Waals surface area contributed by atoms with E-state index in [0.717, 1.165) is 13.2 Å². The molecule has 2 aromatic rings. The SMILES string of the molecule is C/C=C/[C@H](CO[Si](C(C)C)(C(C)C)C(C)C)[C@H](NCc1ccccc1)c1ccccc1. The lowest BCUT2D eigenvalue weighted by Crippen LogP contribution is -2.49. The van der Waals surface area contributed by atoms with Gasteiger partial charge in [-0.05, 0) is 34.7 Å². The summed E-state index contributed by atoms with van der Waals surface area (Å²) in [6.45, 7) is 17.9. The molecule has 3 heteroatoms. The predicted molar refractivity (Wildman–Crippen MR) is 138 cm³/mol. The van der Waals surface area contributed by atoms with Crippen molar-refractivity contribution in [2.45, 2.75) is 77.7 Å². The average Bonchev–Trinajstić information content (AvgIpc) is 2.75. The zero-order valence-electron chi connectivity index (χ0n) is 20.6. The van der Waals surface area contributed by atoms with Crippen LogP contribution in [0.5, 0.6) is 0 Å². The highest BCUT2D eigenvalue weighted by Gasteiger charge is 2.45. The van der Waals surface area contributed by atoms with E-state index in [0.29, 0.717) is 16.6 Å². The quantitative estimate of drug-likeness (QED) is 0.269. The summed E-state index contributed by atoms with van der Waals surface area (Å²) in [5.41, 5.74) is 4.39. The lowest BCUT2D eigenvalue weighted by Gasteiger charge is -2.43. The van der Waals surface area contributed by atoms with Gasteiger partial charge in [-0.1, -0.05) is 114 Å². The third-order valence-electron chi connectivity index (χ3n) is 6.63. The van der Waals surface area contributed by atoms with E-state index in [1.165, 1.54) is 11.1 Å². The van der Waals surface area contributed by atoms with Gasteiger partial charge < -0.3 is 9.74 Å². The molecule has 0 aliphatic heterocycles. The Hall–Kier alpha value is -1.68. The highest BCUT2D eigenvalue weighted by atomic mass is 28.4. The minimum absolute atomic E-state index is 0.204. The Bertz CT molecular complexity index is 748. The summed E-state index contributed by atoms with van der Waals surface area (Å²) in [5.74, 6) is 0.277. The molecule has 0 bridgehead atoms. The number of hydrogen-bond acceptors (Lipinski definition) is 2. The van der Waals surface area contributed by atoms with Gasteiger partial charge in [0.25, 0.3) is 0 Å². The Labute approximate surface area is 192 Å². The molecule has 2 aromatic carbocycles. The lowest BCUT2D eigenvalue weighted by atomic mass is 9.93. The molecule has 2 rings (SSSR count). The Morgan fingerprint density at radius 1 is 0.806 bits per heavy atom. The maximum Gasteiger partial charge on any atom is 0.200 e. The molecule has 0 saturated carbocycles. The lowest BCUT2D eigenvalue weighted by molar-refractivity contribution is 0.214. The molecular formula is C28H43NOSi. The van der Waals surface area contributed by atoms with Gasteiger partial charge in [-0.2, -0.15) is 0 Å². The van der Waals surface area contributed by atoms with Gasteiger partial charge in [-0.25, -0.2) is 0 Å². The van der Waals surface area contributed by atoms with E-state index in [1.54, 1.807) is 0 Å². The summed E-state index contributed by atoms with van der Waals surface area (Å²) in [4.78, 5) is 0. The Morgan fingerprint density at radius 2 is 1.32 bits per heavy atom. The van der Waals surface area contributed by atoms with Gasteiger partial charge >= 0.3 is 0 Å². The van der Waals surface area contributed by atoms with E-state index >= 15 is 0 Å². The first kappa shape index (κ1) is 25.6. The van der Waals surface area contributed by atoms with E-state index in [2.05, 4.69) is 127 Å². The summed E-state index contributed by atoms with van der Waals surface area (Å²) >= 11 is 0. The van der Waals surface area contributed by atoms with Crippen molar-refractivity contribution in [1.29, 1.82) is 0 Å². The van der Waals surface area contributed by atoms with Gasteiger partial charge in [0.05, 0.1) is 0 Å². The van der Waals surface area contributed by atoms with Crippen LogP contribution >= 0.6 is 0 Å². The van der Waals surface area contributed by atoms with Crippen LogP contribution < -0.4 is 5.32 Å². The first-order valence-corrected chi connectivity index (χ1v) is 14.1. The zero-order chi connectivity index (χ0) is 22.9. The number of hydrogen-bond donors (Lipinski definition) is 1. The van der Waals surface area contributed by atoms with Crippen LogP contribution in [0.25, 0.3) is 0 Å². The largest absolute Gasteiger partial charge is 0.415 e. The van der Waals surface area contributed by atoms with Crippen molar-refractivity contribution in [1.82, 2.24) is 5.32 Å². The third kappa shape index (κ3) is 6.65. The minimum atomic E-state index is -1.91. The van der Waals surface area contributed by atoms with E-state index in [4.69, 9.17) is 4.43 Å². The summed E-state index contributed by atoms with van der Waals surface area (Å²) in [6, 6.07) is 21.7. The zero-order valence-corrected chi connectivity index (χ0v) is 21.6. The van der Waals surface area contributed by atoms with E-state index in [9.17, 15) is 0 Å². The summed E-state index contributed by atoms with van der Waals surface area (Å²) in [7, 11) is -1.91. The van der Waals surface area contributed by atoms with Crippen LogP contribution in [0.1, 0.15) is 65.6 Å². The highest BCUT2D eigenvalue weighted by Crippen LogP contribution is 2.43. The van der Waals surface area contributed by atoms with Crippen molar-refractivity contribution in [3.05, 3.63) is 83.9 Å². The summed E-state index contributed by atoms with van der Waals surface area (Å²) < 4.78 is 7.03. The van der Waals surface area contributed by atoms with Crippen LogP contribution in [0.4, 0.5) is 0 Å². The molecule has 2 nitrogen and oxygen atoms in total. The van der Waals surface area contributed by atoms with Crippen molar-refractivity contribution < 1.29 is 4.43 Å². The fourth-order valence-corrected chi connectivity index (χ4v) is 10.7. The van der Waals surface area contributed by atoms with Crippen molar-refractivity contribution >= 4 is 8.32 Å². The number of benzene rings is 2. The van der Waals surface area contributed by atoms with E-state index in [-0.39, 0.29) is 12.0 Å². The van der Waals surface area contributed by atoms with Crippen LogP contribution in [-0.2, 0) is 11.0 Å². The second-order valence-electron chi connectivity index (χ2n) is 9.57. The van der Waals surface area contributed by atoms with E-state index in [1.807, 2.05) is 0 Å². The van der Waals surface area contributed by atoms with Gasteiger partial charge in [-0.15, -0.1) is 0 Å². The van der Waals surface area contributed by atoms with Crippen molar-refractivity contribution in [2.75, 3.05) is 6.61 Å². The molecule has 31 heavy (non-hydrogen) atoms. The smallest absolute Gasteiger partial charge is 0.200 e. The van der Waals surface area contributed by atoms with Crippen molar-refractivity contribution in [2.24, 2.45) is 5.92 Å². The second-order valence-corrected chi connectivity index (χ2v) is 15.0. The molecular weight excluding hydrogens is 394 g/mol. The monoisotopic (exact) mass is 437 g/mol. The van der Waals surface area contributed by atoms with Gasteiger partial charge in [0.2, 0.25) is 0 Å². The van der Waals surface area contributed by atoms with Crippen molar-refractivity contribution in [3.63, 3.8) is 0 Å². The minimum Gasteiger partial charge on any atom is -0.415 e. The Balaban J connectivity index is 2.30. The molecule has 1 N–H and O–H groups in total. The highest BCUT2D eigenvalue weighted by molar-refractivity contribution is 6.77. The molecule has 170 valence electrons. The average molecular weight is 438 g/mol. The van der Waals surface area contributed by atoms with Gasteiger partial charge in [0.1, 0.15) is 0 Å². The molecule has 0 aliphatic carbocycles. The van der Waals surface area contributed by atoms with Crippen LogP contribution in [0.2, 0.25) is 16.6 Å². The van der Waals surface area contributed by atoms with Crippen molar-refractivity contribution in [3.8, 4) is 0 Å². The molecule has 0 aliphatic rings. The maximum atomic E-state index is 7.03. The molecule has 0 amide bonds. The first-order chi connectivity index (χ1) is 14.8. The molecule has 0 spiro atoms. The summed E-state index contributed by atoms with van der Waals surface area (Å²) in [6.07, 6.45) is 4.51. The summed E-state index contributed by atoms with van der Waals surface area (Å²) in [5, 5.41) is 3.85. The number of nitrogens with one attached hydrogen (secondary N) is 1. The topological polar surface area (TPSA) is 21.3 Å². The number of allylic oxidation sites excluding steroid dienone is 1. The Morgan fingerprint density at radius 3 is 1.81 bits per heavy atom. The standard InChI is InChI=1S/C28H43NOSi/c1-8-15-27(21-30-31(22(2)3,23(4)5)24(6)7)28(26-18-13-10-14-19-26)29-20-25-16-11-9-12-17-25/h8-19,22-24,27-29H,20-21H2,1-7H3/b15-8+/t27-,28-/m1/s1. The van der Waals surface area contributed by atoms with Gasteiger partial charge in [0, 0.05) is 25.1 Å². The predicted octanol–water partition coefficient (Wildman–Crippen LogP) is 7.90. The Kier molecular flexibility index (Phi) is 10.2. The van der Waals surface area contributed by atoms with Crippen LogP contribution in [-0.4, -0.2) is 14.9 Å². The fraction of sp³-hybridized carbons (Fsp3) is 0.500. The van der Waals surface area contributed by atoms with Crippen LogP contribution in [0, 0.1) is 5.92 Å². The first-order valence-electron chi connectivity index (χ1n) is 11.9. The molecule has 0 heterocycles.